The first-order valence-electron chi connectivity index (χ1n) is 5.43. The predicted molar refractivity (Wildman–Crippen MR) is 67.0 cm³/mol. The van der Waals surface area contributed by atoms with Crippen LogP contribution in [0.2, 0.25) is 0 Å². The third-order valence-electron chi connectivity index (χ3n) is 2.71. The smallest absolute Gasteiger partial charge is 0.124 e. The van der Waals surface area contributed by atoms with Gasteiger partial charge >= 0.3 is 0 Å². The van der Waals surface area contributed by atoms with Crippen LogP contribution in [-0.2, 0) is 17.8 Å². The van der Waals surface area contributed by atoms with Crippen molar-refractivity contribution in [2.24, 2.45) is 0 Å². The number of hydrogen-bond donors (Lipinski definition) is 0. The summed E-state index contributed by atoms with van der Waals surface area (Å²) in [6, 6.07) is 8.16. The number of para-hydroxylation sites is 1. The first-order chi connectivity index (χ1) is 7.86. The van der Waals surface area contributed by atoms with Crippen LogP contribution in [0.5, 0.6) is 0 Å². The standard InChI is InChI=1S/C13H14ClNO/c14-7-3-8-15-10-11(6-9-16)12-4-1-2-5-13(12)15/h1-2,4-5,9-10H,3,6-8H2. The van der Waals surface area contributed by atoms with Gasteiger partial charge in [-0.3, -0.25) is 0 Å². The molecular weight excluding hydrogens is 222 g/mol. The molecule has 0 saturated carbocycles. The Bertz CT molecular complexity index is 490. The van der Waals surface area contributed by atoms with Gasteiger partial charge in [0.05, 0.1) is 0 Å². The van der Waals surface area contributed by atoms with Crippen molar-refractivity contribution < 1.29 is 4.79 Å². The minimum absolute atomic E-state index is 0.481. The molecule has 0 aliphatic rings. The maximum Gasteiger partial charge on any atom is 0.124 e. The van der Waals surface area contributed by atoms with E-state index in [0.29, 0.717) is 12.3 Å². The Balaban J connectivity index is 2.44. The van der Waals surface area contributed by atoms with E-state index in [1.54, 1.807) is 0 Å². The Labute approximate surface area is 99.8 Å². The summed E-state index contributed by atoms with van der Waals surface area (Å²) in [5.74, 6) is 0.662. The molecule has 2 aromatic rings. The quantitative estimate of drug-likeness (QED) is 0.577. The van der Waals surface area contributed by atoms with Gasteiger partial charge in [-0.1, -0.05) is 18.2 Å². The van der Waals surface area contributed by atoms with Crippen molar-refractivity contribution in [2.75, 3.05) is 5.88 Å². The van der Waals surface area contributed by atoms with Crippen LogP contribution < -0.4 is 0 Å². The number of benzene rings is 1. The summed E-state index contributed by atoms with van der Waals surface area (Å²) >= 11 is 5.70. The number of fused-ring (bicyclic) bond motifs is 1. The van der Waals surface area contributed by atoms with Crippen LogP contribution in [0.3, 0.4) is 0 Å². The van der Waals surface area contributed by atoms with Gasteiger partial charge in [-0.25, -0.2) is 0 Å². The van der Waals surface area contributed by atoms with Gasteiger partial charge in [-0.15, -0.1) is 11.6 Å². The number of carbonyl (C=O) groups excluding carboxylic acids is 1. The lowest BCUT2D eigenvalue weighted by Gasteiger charge is -2.02. The Kier molecular flexibility index (Phi) is 3.62. The van der Waals surface area contributed by atoms with Gasteiger partial charge in [-0.05, 0) is 18.1 Å². The topological polar surface area (TPSA) is 22.0 Å². The molecule has 0 saturated heterocycles. The molecule has 2 rings (SSSR count). The molecule has 0 amide bonds. The van der Waals surface area contributed by atoms with Crippen LogP contribution in [0.15, 0.2) is 30.5 Å². The molecule has 0 unspecified atom stereocenters. The number of hydrogen-bond acceptors (Lipinski definition) is 1. The number of aromatic nitrogens is 1. The predicted octanol–water partition coefficient (Wildman–Crippen LogP) is 3.01. The minimum atomic E-state index is 0.481. The van der Waals surface area contributed by atoms with Crippen LogP contribution >= 0.6 is 11.6 Å². The maximum absolute atomic E-state index is 10.6. The summed E-state index contributed by atoms with van der Waals surface area (Å²) in [5, 5.41) is 1.17. The molecule has 1 aromatic heterocycles. The number of halogens is 1. The fourth-order valence-electron chi connectivity index (χ4n) is 1.99. The minimum Gasteiger partial charge on any atom is -0.347 e. The van der Waals surface area contributed by atoms with E-state index in [-0.39, 0.29) is 0 Å². The van der Waals surface area contributed by atoms with Gasteiger partial charge in [0, 0.05) is 35.9 Å². The Morgan fingerprint density at radius 3 is 2.88 bits per heavy atom. The van der Waals surface area contributed by atoms with Crippen molar-refractivity contribution in [3.05, 3.63) is 36.0 Å². The van der Waals surface area contributed by atoms with E-state index in [0.717, 1.165) is 24.8 Å². The normalized spacial score (nSPS) is 10.8. The fourth-order valence-corrected chi connectivity index (χ4v) is 2.11. The Hall–Kier alpha value is -1.28. The van der Waals surface area contributed by atoms with Crippen LogP contribution in [0.1, 0.15) is 12.0 Å². The highest BCUT2D eigenvalue weighted by Gasteiger charge is 2.06. The zero-order chi connectivity index (χ0) is 11.4. The molecule has 1 heterocycles. The third kappa shape index (κ3) is 2.12. The molecule has 16 heavy (non-hydrogen) atoms. The first kappa shape index (κ1) is 11.2. The van der Waals surface area contributed by atoms with Gasteiger partial charge in [0.1, 0.15) is 6.29 Å². The number of nitrogens with zero attached hydrogens (tertiary/aromatic N) is 1. The summed E-state index contributed by atoms with van der Waals surface area (Å²) in [5.41, 5.74) is 2.28. The molecular formula is C13H14ClNO. The molecule has 84 valence electrons. The highest BCUT2D eigenvalue weighted by molar-refractivity contribution is 6.17. The fraction of sp³-hybridized carbons (Fsp3) is 0.308. The second kappa shape index (κ2) is 5.17. The lowest BCUT2D eigenvalue weighted by Crippen LogP contribution is -1.96. The van der Waals surface area contributed by atoms with Crippen molar-refractivity contribution in [2.45, 2.75) is 19.4 Å². The molecule has 3 heteroatoms. The van der Waals surface area contributed by atoms with Crippen LogP contribution in [0, 0.1) is 0 Å². The SMILES string of the molecule is O=CCc1cn(CCCCl)c2ccccc12. The van der Waals surface area contributed by atoms with Gasteiger partial charge in [0.15, 0.2) is 0 Å². The number of alkyl halides is 1. The van der Waals surface area contributed by atoms with Crippen molar-refractivity contribution in [3.63, 3.8) is 0 Å². The molecule has 0 fully saturated rings. The lowest BCUT2D eigenvalue weighted by molar-refractivity contribution is -0.107. The lowest BCUT2D eigenvalue weighted by atomic mass is 10.1. The van der Waals surface area contributed by atoms with E-state index in [2.05, 4.69) is 22.9 Å². The Morgan fingerprint density at radius 1 is 1.31 bits per heavy atom. The maximum atomic E-state index is 10.6. The molecule has 0 radical (unpaired) electrons. The zero-order valence-electron chi connectivity index (χ0n) is 9.03. The van der Waals surface area contributed by atoms with E-state index in [9.17, 15) is 4.79 Å². The zero-order valence-corrected chi connectivity index (χ0v) is 9.78. The van der Waals surface area contributed by atoms with Crippen LogP contribution in [0.4, 0.5) is 0 Å². The van der Waals surface area contributed by atoms with Gasteiger partial charge < -0.3 is 9.36 Å². The number of carbonyl (C=O) groups is 1. The average Bonchev–Trinajstić information content (AvgIpc) is 2.66. The second-order valence-corrected chi connectivity index (χ2v) is 4.16. The highest BCUT2D eigenvalue weighted by Crippen LogP contribution is 2.21. The molecule has 0 aliphatic carbocycles. The van der Waals surface area contributed by atoms with Gasteiger partial charge in [0.25, 0.3) is 0 Å². The van der Waals surface area contributed by atoms with Gasteiger partial charge in [0.2, 0.25) is 0 Å². The summed E-state index contributed by atoms with van der Waals surface area (Å²) < 4.78 is 2.18. The Morgan fingerprint density at radius 2 is 2.12 bits per heavy atom. The summed E-state index contributed by atoms with van der Waals surface area (Å²) in [6.45, 7) is 0.906. The molecule has 0 aliphatic heterocycles. The van der Waals surface area contributed by atoms with Crippen LogP contribution in [0.25, 0.3) is 10.9 Å². The molecule has 2 nitrogen and oxygen atoms in total. The summed E-state index contributed by atoms with van der Waals surface area (Å²) in [6.07, 6.45) is 4.44. The second-order valence-electron chi connectivity index (χ2n) is 3.78. The molecule has 0 N–H and O–H groups in total. The van der Waals surface area contributed by atoms with E-state index in [1.807, 2.05) is 12.1 Å². The summed E-state index contributed by atoms with van der Waals surface area (Å²) in [7, 11) is 0. The van der Waals surface area contributed by atoms with Crippen molar-refractivity contribution in [1.29, 1.82) is 0 Å². The number of rotatable bonds is 5. The van der Waals surface area contributed by atoms with E-state index in [4.69, 9.17) is 11.6 Å². The van der Waals surface area contributed by atoms with Crippen molar-refractivity contribution in [3.8, 4) is 0 Å². The molecule has 0 atom stereocenters. The van der Waals surface area contributed by atoms with Gasteiger partial charge in [-0.2, -0.15) is 0 Å². The largest absolute Gasteiger partial charge is 0.347 e. The number of aryl methyl sites for hydroxylation is 1. The van der Waals surface area contributed by atoms with Crippen LogP contribution in [-0.4, -0.2) is 16.7 Å². The van der Waals surface area contributed by atoms with E-state index >= 15 is 0 Å². The van der Waals surface area contributed by atoms with E-state index < -0.39 is 0 Å². The van der Waals surface area contributed by atoms with Crippen molar-refractivity contribution in [1.82, 2.24) is 4.57 Å². The highest BCUT2D eigenvalue weighted by atomic mass is 35.5. The number of aldehydes is 1. The van der Waals surface area contributed by atoms with E-state index in [1.165, 1.54) is 10.9 Å². The monoisotopic (exact) mass is 235 g/mol. The van der Waals surface area contributed by atoms with Crippen molar-refractivity contribution >= 4 is 28.8 Å². The first-order valence-corrected chi connectivity index (χ1v) is 5.96. The molecule has 1 aromatic carbocycles. The average molecular weight is 236 g/mol. The molecule has 0 spiro atoms. The summed E-state index contributed by atoms with van der Waals surface area (Å²) in [4.78, 5) is 10.6. The third-order valence-corrected chi connectivity index (χ3v) is 2.97. The molecule has 0 bridgehead atoms.